The largest absolute Gasteiger partial charge is 0.496 e. The lowest BCUT2D eigenvalue weighted by molar-refractivity contribution is 0.0845. The lowest BCUT2D eigenvalue weighted by Gasteiger charge is -2.13. The summed E-state index contributed by atoms with van der Waals surface area (Å²) in [6.45, 7) is 2.55. The van der Waals surface area contributed by atoms with Gasteiger partial charge in [-0.05, 0) is 47.5 Å². The van der Waals surface area contributed by atoms with Crippen LogP contribution in [0.2, 0.25) is 0 Å². The molecule has 2 amide bonds. The number of amides is 2. The fourth-order valence-electron chi connectivity index (χ4n) is 2.96. The molecule has 7 heteroatoms. The minimum absolute atomic E-state index is 0.317. The van der Waals surface area contributed by atoms with E-state index in [1.54, 1.807) is 30.3 Å². The molecule has 156 valence electrons. The van der Waals surface area contributed by atoms with Crippen LogP contribution in [-0.4, -0.2) is 32.6 Å². The molecule has 0 unspecified atom stereocenters. The summed E-state index contributed by atoms with van der Waals surface area (Å²) in [5.74, 6) is 0.447. The van der Waals surface area contributed by atoms with E-state index < -0.39 is 11.8 Å². The van der Waals surface area contributed by atoms with E-state index in [2.05, 4.69) is 10.9 Å². The fourth-order valence-corrected chi connectivity index (χ4v) is 2.96. The van der Waals surface area contributed by atoms with Gasteiger partial charge in [-0.15, -0.1) is 0 Å². The number of carbonyl (C=O) groups excluding carboxylic acids is 2. The van der Waals surface area contributed by atoms with Crippen LogP contribution in [0.4, 0.5) is 0 Å². The number of nitrogens with one attached hydrogen (secondary N) is 2. The molecule has 3 rings (SSSR count). The summed E-state index contributed by atoms with van der Waals surface area (Å²) in [5, 5.41) is 1.84. The quantitative estimate of drug-likeness (QED) is 0.582. The molecule has 0 spiro atoms. The first kappa shape index (κ1) is 21.0. The Morgan fingerprint density at radius 3 is 2.13 bits per heavy atom. The number of rotatable bonds is 7. The van der Waals surface area contributed by atoms with Crippen molar-refractivity contribution in [3.8, 4) is 17.2 Å². The Labute approximate surface area is 174 Å². The second kappa shape index (κ2) is 9.65. The van der Waals surface area contributed by atoms with E-state index in [-0.39, 0.29) is 0 Å². The second-order valence-electron chi connectivity index (χ2n) is 6.52. The van der Waals surface area contributed by atoms with Crippen molar-refractivity contribution in [1.82, 2.24) is 10.9 Å². The number of hydrogen-bond acceptors (Lipinski definition) is 5. The maximum atomic E-state index is 12.6. The molecular formula is C23H24N2O5. The number of benzene rings is 3. The van der Waals surface area contributed by atoms with E-state index in [1.807, 2.05) is 31.2 Å². The number of carbonyl (C=O) groups is 2. The van der Waals surface area contributed by atoms with Crippen LogP contribution in [0.3, 0.4) is 0 Å². The number of methoxy groups -OCH3 is 2. The van der Waals surface area contributed by atoms with Crippen LogP contribution < -0.4 is 25.1 Å². The highest BCUT2D eigenvalue weighted by atomic mass is 16.5. The van der Waals surface area contributed by atoms with E-state index in [4.69, 9.17) is 14.2 Å². The molecule has 0 saturated heterocycles. The van der Waals surface area contributed by atoms with Gasteiger partial charge in [-0.3, -0.25) is 20.4 Å². The third kappa shape index (κ3) is 4.63. The zero-order chi connectivity index (χ0) is 21.5. The highest BCUT2D eigenvalue weighted by Crippen LogP contribution is 2.28. The molecule has 0 fully saturated rings. The van der Waals surface area contributed by atoms with E-state index >= 15 is 0 Å². The summed E-state index contributed by atoms with van der Waals surface area (Å²) < 4.78 is 16.2. The predicted octanol–water partition coefficient (Wildman–Crippen LogP) is 3.72. The maximum absolute atomic E-state index is 12.6. The summed E-state index contributed by atoms with van der Waals surface area (Å²) in [5.41, 5.74) is 5.49. The van der Waals surface area contributed by atoms with Crippen molar-refractivity contribution in [2.75, 3.05) is 20.8 Å². The van der Waals surface area contributed by atoms with Gasteiger partial charge in [0.15, 0.2) is 11.5 Å². The average Bonchev–Trinajstić information content (AvgIpc) is 2.79. The molecule has 0 aromatic heterocycles. The summed E-state index contributed by atoms with van der Waals surface area (Å²) in [4.78, 5) is 25.1. The fraction of sp³-hybridized carbons (Fsp3) is 0.217. The second-order valence-corrected chi connectivity index (χ2v) is 6.52. The van der Waals surface area contributed by atoms with Gasteiger partial charge < -0.3 is 14.2 Å². The van der Waals surface area contributed by atoms with Crippen LogP contribution in [0.1, 0.15) is 34.1 Å². The highest BCUT2D eigenvalue weighted by Gasteiger charge is 2.16. The number of ether oxygens (including phenoxy) is 3. The topological polar surface area (TPSA) is 85.9 Å². The summed E-state index contributed by atoms with van der Waals surface area (Å²) in [6, 6.07) is 16.0. The molecule has 0 heterocycles. The first-order valence-electron chi connectivity index (χ1n) is 9.55. The van der Waals surface area contributed by atoms with Gasteiger partial charge >= 0.3 is 0 Å². The Hall–Kier alpha value is -3.74. The van der Waals surface area contributed by atoms with Crippen LogP contribution in [0, 0.1) is 0 Å². The van der Waals surface area contributed by atoms with Gasteiger partial charge in [-0.1, -0.05) is 31.2 Å². The summed E-state index contributed by atoms with van der Waals surface area (Å²) in [6.07, 6.45) is 0.857. The smallest absolute Gasteiger partial charge is 0.273 e. The van der Waals surface area contributed by atoms with Crippen LogP contribution in [-0.2, 0) is 0 Å². The van der Waals surface area contributed by atoms with Crippen molar-refractivity contribution < 1.29 is 23.8 Å². The molecule has 30 heavy (non-hydrogen) atoms. The molecule has 7 nitrogen and oxygen atoms in total. The Balaban J connectivity index is 1.73. The normalized spacial score (nSPS) is 10.4. The van der Waals surface area contributed by atoms with Crippen LogP contribution in [0.25, 0.3) is 10.8 Å². The van der Waals surface area contributed by atoms with Gasteiger partial charge in [-0.25, -0.2) is 0 Å². The molecule has 0 atom stereocenters. The monoisotopic (exact) mass is 408 g/mol. The molecule has 0 aliphatic rings. The molecule has 2 N–H and O–H groups in total. The Morgan fingerprint density at radius 2 is 1.47 bits per heavy atom. The van der Waals surface area contributed by atoms with Crippen molar-refractivity contribution in [3.63, 3.8) is 0 Å². The molecule has 0 saturated carbocycles. The lowest BCUT2D eigenvalue weighted by Crippen LogP contribution is -2.41. The van der Waals surface area contributed by atoms with E-state index in [1.165, 1.54) is 14.2 Å². The Kier molecular flexibility index (Phi) is 6.75. The van der Waals surface area contributed by atoms with Crippen molar-refractivity contribution in [2.45, 2.75) is 13.3 Å². The standard InChI is InChI=1S/C23H24N2O5/c1-4-11-30-19-10-9-17(14-21(19)29-3)22(26)24-25-23(27)18-12-15-7-5-6-8-16(15)13-20(18)28-2/h5-10,12-14H,4,11H2,1-3H3,(H,24,26)(H,25,27). The lowest BCUT2D eigenvalue weighted by atomic mass is 10.1. The summed E-state index contributed by atoms with van der Waals surface area (Å²) in [7, 11) is 3.00. The van der Waals surface area contributed by atoms with Crippen LogP contribution in [0.5, 0.6) is 17.2 Å². The van der Waals surface area contributed by atoms with Gasteiger partial charge in [0, 0.05) is 5.56 Å². The molecule has 3 aromatic carbocycles. The molecule has 0 bridgehead atoms. The first-order valence-corrected chi connectivity index (χ1v) is 9.55. The van der Waals surface area contributed by atoms with Crippen molar-refractivity contribution in [3.05, 3.63) is 65.7 Å². The van der Waals surface area contributed by atoms with E-state index in [9.17, 15) is 9.59 Å². The number of hydrogen-bond donors (Lipinski definition) is 2. The Bertz CT molecular complexity index is 1060. The third-order valence-electron chi connectivity index (χ3n) is 4.49. The van der Waals surface area contributed by atoms with Crippen molar-refractivity contribution >= 4 is 22.6 Å². The highest BCUT2D eigenvalue weighted by molar-refractivity contribution is 6.03. The first-order chi connectivity index (χ1) is 14.6. The zero-order valence-corrected chi connectivity index (χ0v) is 17.2. The minimum Gasteiger partial charge on any atom is -0.496 e. The maximum Gasteiger partial charge on any atom is 0.273 e. The van der Waals surface area contributed by atoms with Gasteiger partial charge in [0.25, 0.3) is 11.8 Å². The van der Waals surface area contributed by atoms with Gasteiger partial charge in [0.1, 0.15) is 5.75 Å². The van der Waals surface area contributed by atoms with E-state index in [0.29, 0.717) is 35.0 Å². The SMILES string of the molecule is CCCOc1ccc(C(=O)NNC(=O)c2cc3ccccc3cc2OC)cc1OC. The van der Waals surface area contributed by atoms with Crippen molar-refractivity contribution in [2.24, 2.45) is 0 Å². The zero-order valence-electron chi connectivity index (χ0n) is 17.2. The van der Waals surface area contributed by atoms with Crippen LogP contribution in [0.15, 0.2) is 54.6 Å². The molecular weight excluding hydrogens is 384 g/mol. The van der Waals surface area contributed by atoms with Gasteiger partial charge in [-0.2, -0.15) is 0 Å². The molecule has 0 aliphatic heterocycles. The average molecular weight is 408 g/mol. The van der Waals surface area contributed by atoms with Gasteiger partial charge in [0.05, 0.1) is 26.4 Å². The predicted molar refractivity (Wildman–Crippen MR) is 114 cm³/mol. The molecule has 3 aromatic rings. The minimum atomic E-state index is -0.485. The van der Waals surface area contributed by atoms with Gasteiger partial charge in [0.2, 0.25) is 0 Å². The number of fused-ring (bicyclic) bond motifs is 1. The third-order valence-corrected chi connectivity index (χ3v) is 4.49. The Morgan fingerprint density at radius 1 is 0.800 bits per heavy atom. The number of hydrazine groups is 1. The molecule has 0 aliphatic carbocycles. The van der Waals surface area contributed by atoms with Crippen molar-refractivity contribution in [1.29, 1.82) is 0 Å². The van der Waals surface area contributed by atoms with E-state index in [0.717, 1.165) is 17.2 Å². The summed E-state index contributed by atoms with van der Waals surface area (Å²) >= 11 is 0. The molecule has 0 radical (unpaired) electrons. The van der Waals surface area contributed by atoms with Crippen LogP contribution >= 0.6 is 0 Å².